The highest BCUT2D eigenvalue weighted by Crippen LogP contribution is 2.52. The van der Waals surface area contributed by atoms with Gasteiger partial charge in [-0.2, -0.15) is 0 Å². The van der Waals surface area contributed by atoms with Gasteiger partial charge in [0.05, 0.1) is 33.1 Å². The fourth-order valence-corrected chi connectivity index (χ4v) is 13.1. The second-order valence-corrected chi connectivity index (χ2v) is 18.2. The van der Waals surface area contributed by atoms with Gasteiger partial charge in [0.15, 0.2) is 0 Å². The van der Waals surface area contributed by atoms with E-state index < -0.39 is 0 Å². The highest BCUT2D eigenvalue weighted by atomic mass is 32.1. The average molecular weight is 769 g/mol. The molecule has 0 fully saturated rings. The molecule has 0 atom stereocenters. The molecule has 58 heavy (non-hydrogen) atoms. The molecule has 0 bridgehead atoms. The van der Waals surface area contributed by atoms with Crippen molar-refractivity contribution in [3.8, 4) is 22.3 Å². The maximum atomic E-state index is 2.60. The Bertz CT molecular complexity index is 3960. The van der Waals surface area contributed by atoms with Crippen LogP contribution in [0.5, 0.6) is 0 Å². The molecular formula is C54H28N2S2. The molecule has 6 aromatic heterocycles. The van der Waals surface area contributed by atoms with Crippen LogP contribution in [0.4, 0.5) is 0 Å². The molecule has 0 spiro atoms. The van der Waals surface area contributed by atoms with Gasteiger partial charge in [0.25, 0.3) is 0 Å². The van der Waals surface area contributed by atoms with E-state index in [1.54, 1.807) is 0 Å². The minimum absolute atomic E-state index is 1.24. The maximum Gasteiger partial charge on any atom is 0.0627 e. The molecule has 4 heteroatoms. The Kier molecular flexibility index (Phi) is 5.46. The largest absolute Gasteiger partial charge is 0.308 e. The van der Waals surface area contributed by atoms with Crippen molar-refractivity contribution in [1.82, 2.24) is 8.80 Å². The van der Waals surface area contributed by atoms with Crippen molar-refractivity contribution in [1.29, 1.82) is 0 Å². The van der Waals surface area contributed by atoms with Crippen LogP contribution in [-0.2, 0) is 0 Å². The van der Waals surface area contributed by atoms with Gasteiger partial charge in [-0.1, -0.05) is 121 Å². The quantitative estimate of drug-likeness (QED) is 0.166. The molecule has 266 valence electrons. The van der Waals surface area contributed by atoms with Crippen LogP contribution in [0.25, 0.3) is 139 Å². The molecule has 0 amide bonds. The monoisotopic (exact) mass is 768 g/mol. The minimum Gasteiger partial charge on any atom is -0.308 e. The summed E-state index contributed by atoms with van der Waals surface area (Å²) in [6.07, 6.45) is 0. The molecule has 6 heterocycles. The first-order valence-electron chi connectivity index (χ1n) is 19.9. The maximum absolute atomic E-state index is 2.60. The molecule has 0 saturated carbocycles. The number of thiophene rings is 2. The van der Waals surface area contributed by atoms with Crippen LogP contribution in [0.3, 0.4) is 0 Å². The van der Waals surface area contributed by atoms with Crippen LogP contribution in [0.2, 0.25) is 0 Å². The summed E-state index contributed by atoms with van der Waals surface area (Å²) >= 11 is 3.84. The normalized spacial score (nSPS) is 12.8. The van der Waals surface area contributed by atoms with E-state index in [-0.39, 0.29) is 0 Å². The fourth-order valence-electron chi connectivity index (χ4n) is 10.7. The lowest BCUT2D eigenvalue weighted by molar-refractivity contribution is 1.36. The predicted octanol–water partition coefficient (Wildman–Crippen LogP) is 16.1. The SMILES string of the molecule is c1ccc(-c2ccc3c4c5c(cc6c7cc8c(cc7n(c3c2)c64)c2cc3sc4ccccc4c3c3c4ccc(-c6ccccc6)cc4n8c23)sc2ccccc25)cc1. The molecule has 0 unspecified atom stereocenters. The fraction of sp³-hybridized carbons (Fsp3) is 0. The van der Waals surface area contributed by atoms with Crippen molar-refractivity contribution >= 4 is 139 Å². The van der Waals surface area contributed by atoms with Crippen LogP contribution >= 0.6 is 22.7 Å². The predicted molar refractivity (Wildman–Crippen MR) is 252 cm³/mol. The summed E-state index contributed by atoms with van der Waals surface area (Å²) in [4.78, 5) is 0. The van der Waals surface area contributed by atoms with E-state index in [9.17, 15) is 0 Å². The van der Waals surface area contributed by atoms with E-state index in [1.807, 2.05) is 22.7 Å². The summed E-state index contributed by atoms with van der Waals surface area (Å²) in [5, 5.41) is 16.1. The molecular weight excluding hydrogens is 741 g/mol. The topological polar surface area (TPSA) is 8.82 Å². The van der Waals surface area contributed by atoms with Crippen LogP contribution in [-0.4, -0.2) is 8.80 Å². The first kappa shape index (κ1) is 30.2. The second kappa shape index (κ2) is 10.5. The van der Waals surface area contributed by atoms with Crippen LogP contribution in [0.15, 0.2) is 170 Å². The van der Waals surface area contributed by atoms with Crippen molar-refractivity contribution < 1.29 is 0 Å². The third kappa shape index (κ3) is 3.61. The molecule has 0 aliphatic heterocycles. The average Bonchev–Trinajstić information content (AvgIpc) is 4.11. The Morgan fingerprint density at radius 2 is 0.672 bits per heavy atom. The van der Waals surface area contributed by atoms with Gasteiger partial charge in [-0.3, -0.25) is 0 Å². The Morgan fingerprint density at radius 1 is 0.259 bits per heavy atom. The highest BCUT2D eigenvalue weighted by molar-refractivity contribution is 7.26. The molecule has 0 N–H and O–H groups in total. The summed E-state index contributed by atoms with van der Waals surface area (Å²) in [6.45, 7) is 0. The van der Waals surface area contributed by atoms with Crippen molar-refractivity contribution in [3.05, 3.63) is 170 Å². The second-order valence-electron chi connectivity index (χ2n) is 16.0. The van der Waals surface area contributed by atoms with Gasteiger partial charge in [0, 0.05) is 83.4 Å². The third-order valence-electron chi connectivity index (χ3n) is 13.1. The zero-order valence-corrected chi connectivity index (χ0v) is 32.5. The smallest absolute Gasteiger partial charge is 0.0627 e. The highest BCUT2D eigenvalue weighted by Gasteiger charge is 2.27. The minimum atomic E-state index is 1.24. The Balaban J connectivity index is 1.17. The van der Waals surface area contributed by atoms with Gasteiger partial charge in [-0.15, -0.1) is 22.7 Å². The Hall–Kier alpha value is -6.98. The van der Waals surface area contributed by atoms with Crippen LogP contribution in [0.1, 0.15) is 0 Å². The molecule has 9 aromatic carbocycles. The summed E-state index contributed by atoms with van der Waals surface area (Å²) < 4.78 is 10.6. The van der Waals surface area contributed by atoms with E-state index in [4.69, 9.17) is 0 Å². The number of hydrogen-bond acceptors (Lipinski definition) is 2. The Morgan fingerprint density at radius 3 is 1.14 bits per heavy atom. The first-order valence-corrected chi connectivity index (χ1v) is 21.6. The van der Waals surface area contributed by atoms with Gasteiger partial charge in [-0.05, 0) is 70.8 Å². The van der Waals surface area contributed by atoms with Gasteiger partial charge in [-0.25, -0.2) is 0 Å². The van der Waals surface area contributed by atoms with E-state index >= 15 is 0 Å². The molecule has 0 radical (unpaired) electrons. The molecule has 0 aliphatic carbocycles. The zero-order valence-electron chi connectivity index (χ0n) is 30.9. The van der Waals surface area contributed by atoms with E-state index in [0.29, 0.717) is 0 Å². The molecule has 15 rings (SSSR count). The number of hydrogen-bond donors (Lipinski definition) is 0. The van der Waals surface area contributed by atoms with Crippen molar-refractivity contribution in [2.45, 2.75) is 0 Å². The van der Waals surface area contributed by atoms with Gasteiger partial charge in [0.2, 0.25) is 0 Å². The lowest BCUT2D eigenvalue weighted by Gasteiger charge is -2.06. The van der Waals surface area contributed by atoms with Crippen molar-refractivity contribution in [3.63, 3.8) is 0 Å². The van der Waals surface area contributed by atoms with E-state index in [1.165, 1.54) is 139 Å². The number of benzene rings is 9. The first-order chi connectivity index (χ1) is 28.8. The number of nitrogens with zero attached hydrogens (tertiary/aromatic N) is 2. The molecule has 2 nitrogen and oxygen atoms in total. The third-order valence-corrected chi connectivity index (χ3v) is 15.4. The van der Waals surface area contributed by atoms with E-state index in [2.05, 4.69) is 179 Å². The zero-order chi connectivity index (χ0) is 37.4. The Labute approximate surface area is 338 Å². The number of aromatic nitrogens is 2. The van der Waals surface area contributed by atoms with Crippen LogP contribution in [0, 0.1) is 0 Å². The molecule has 0 aliphatic rings. The van der Waals surface area contributed by atoms with Crippen molar-refractivity contribution in [2.75, 3.05) is 0 Å². The summed E-state index contributed by atoms with van der Waals surface area (Å²) in [6, 6.07) is 63.9. The summed E-state index contributed by atoms with van der Waals surface area (Å²) in [5.74, 6) is 0. The molecule has 15 aromatic rings. The number of fused-ring (bicyclic) bond motifs is 20. The summed E-state index contributed by atoms with van der Waals surface area (Å²) in [7, 11) is 0. The summed E-state index contributed by atoms with van der Waals surface area (Å²) in [5.41, 5.74) is 12.7. The molecule has 0 saturated heterocycles. The standard InChI is InChI=1S/C54H28N2S2/c1-3-11-29(12-4-1)31-19-21-33-41(23-31)55-43-25-38-40-28-48-50(36-16-8-10-18-46(36)58-48)52-34-22-20-32(30-13-5-2-6-14-30)24-42(34)56(54(40)52)44(38)26-37(43)39-27-47-49(51(33)53(39)55)35-15-7-9-17-45(35)57-47/h1-28H. The van der Waals surface area contributed by atoms with Gasteiger partial charge >= 0.3 is 0 Å². The van der Waals surface area contributed by atoms with Gasteiger partial charge < -0.3 is 8.80 Å². The lowest BCUT2D eigenvalue weighted by atomic mass is 9.99. The van der Waals surface area contributed by atoms with E-state index in [0.717, 1.165) is 0 Å². The van der Waals surface area contributed by atoms with Crippen LogP contribution < -0.4 is 0 Å². The van der Waals surface area contributed by atoms with Crippen molar-refractivity contribution in [2.24, 2.45) is 0 Å². The lowest BCUT2D eigenvalue weighted by Crippen LogP contribution is -1.85. The van der Waals surface area contributed by atoms with Gasteiger partial charge in [0.1, 0.15) is 0 Å². The number of rotatable bonds is 2.